The van der Waals surface area contributed by atoms with E-state index in [9.17, 15) is 10.2 Å². The number of benzene rings is 3. The molecule has 0 aliphatic heterocycles. The molecule has 0 amide bonds. The van der Waals surface area contributed by atoms with Crippen LogP contribution in [0.2, 0.25) is 0 Å². The Morgan fingerprint density at radius 2 is 1.16 bits per heavy atom. The summed E-state index contributed by atoms with van der Waals surface area (Å²) in [5.41, 5.74) is 1.79. The van der Waals surface area contributed by atoms with Crippen LogP contribution < -0.4 is 0 Å². The smallest absolute Gasteiger partial charge is 0.254 e. The molecule has 0 radical (unpaired) electrons. The average Bonchev–Trinajstić information content (AvgIpc) is 2.80. The molecule has 0 saturated carbocycles. The minimum absolute atomic E-state index is 0.0812. The van der Waals surface area contributed by atoms with Crippen molar-refractivity contribution in [3.63, 3.8) is 0 Å². The van der Waals surface area contributed by atoms with Gasteiger partial charge >= 0.3 is 0 Å². The fraction of sp³-hybridized carbons (Fsp3) is 0. The van der Waals surface area contributed by atoms with Crippen molar-refractivity contribution in [3.8, 4) is 22.9 Å². The van der Waals surface area contributed by atoms with Gasteiger partial charge in [0.1, 0.15) is 11.5 Å². The van der Waals surface area contributed by atoms with Crippen molar-refractivity contribution >= 4 is 56.2 Å². The van der Waals surface area contributed by atoms with E-state index in [1.54, 1.807) is 36.4 Å². The average molecular weight is 553 g/mol. The van der Waals surface area contributed by atoms with Gasteiger partial charge in [0.05, 0.1) is 0 Å². The van der Waals surface area contributed by atoms with Gasteiger partial charge in [-0.25, -0.2) is 9.98 Å². The Labute approximate surface area is 200 Å². The van der Waals surface area contributed by atoms with Crippen LogP contribution in [0.5, 0.6) is 11.5 Å². The SMILES string of the molecule is Oc1ccc(Br)cc1C=Nc1nc(N=Cc2cc(Br)ccc2O)nc(-c2ccccc2)n1. The molecular weight excluding hydrogens is 538 g/mol. The molecule has 0 atom stereocenters. The van der Waals surface area contributed by atoms with E-state index in [-0.39, 0.29) is 23.4 Å². The van der Waals surface area contributed by atoms with Crippen LogP contribution in [-0.4, -0.2) is 37.6 Å². The summed E-state index contributed by atoms with van der Waals surface area (Å²) in [4.78, 5) is 21.7. The highest BCUT2D eigenvalue weighted by Crippen LogP contribution is 2.24. The van der Waals surface area contributed by atoms with Crippen LogP contribution in [0.25, 0.3) is 11.4 Å². The van der Waals surface area contributed by atoms with Crippen molar-refractivity contribution in [2.75, 3.05) is 0 Å². The zero-order valence-electron chi connectivity index (χ0n) is 16.4. The van der Waals surface area contributed by atoms with E-state index in [1.807, 2.05) is 30.3 Å². The van der Waals surface area contributed by atoms with Gasteiger partial charge in [-0.3, -0.25) is 0 Å². The maximum absolute atomic E-state index is 10.0. The van der Waals surface area contributed by atoms with Crippen LogP contribution in [0.1, 0.15) is 11.1 Å². The molecular formula is C23H15Br2N5O2. The van der Waals surface area contributed by atoms with Gasteiger partial charge in [0.25, 0.3) is 11.9 Å². The van der Waals surface area contributed by atoms with Gasteiger partial charge in [-0.2, -0.15) is 15.0 Å². The normalized spacial score (nSPS) is 11.4. The molecule has 0 spiro atoms. The first-order chi connectivity index (χ1) is 15.5. The number of nitrogens with zero attached hydrogens (tertiary/aromatic N) is 5. The van der Waals surface area contributed by atoms with Crippen molar-refractivity contribution in [1.82, 2.24) is 15.0 Å². The molecule has 32 heavy (non-hydrogen) atoms. The highest BCUT2D eigenvalue weighted by molar-refractivity contribution is 9.10. The van der Waals surface area contributed by atoms with Crippen LogP contribution in [0, 0.1) is 0 Å². The minimum Gasteiger partial charge on any atom is -0.507 e. The lowest BCUT2D eigenvalue weighted by atomic mass is 10.2. The summed E-state index contributed by atoms with van der Waals surface area (Å²) in [7, 11) is 0. The summed E-state index contributed by atoms with van der Waals surface area (Å²) in [6.45, 7) is 0. The van der Waals surface area contributed by atoms with Crippen molar-refractivity contribution in [3.05, 3.63) is 86.8 Å². The summed E-state index contributed by atoms with van der Waals surface area (Å²) < 4.78 is 1.60. The quantitative estimate of drug-likeness (QED) is 0.296. The number of hydrogen-bond acceptors (Lipinski definition) is 7. The molecule has 1 heterocycles. The Kier molecular flexibility index (Phi) is 6.67. The van der Waals surface area contributed by atoms with Crippen molar-refractivity contribution < 1.29 is 10.2 Å². The standard InChI is InChI=1S/C23H15Br2N5O2/c24-17-6-8-19(31)15(10-17)12-26-22-28-21(14-4-2-1-3-5-14)29-23(30-22)27-13-16-11-18(25)7-9-20(16)32/h1-13,31-32H. The van der Waals surface area contributed by atoms with E-state index < -0.39 is 0 Å². The Hall–Kier alpha value is -3.43. The number of rotatable bonds is 5. The molecule has 4 rings (SSSR count). The van der Waals surface area contributed by atoms with Gasteiger partial charge in [0, 0.05) is 38.1 Å². The summed E-state index contributed by atoms with van der Waals surface area (Å²) in [6, 6.07) is 19.4. The van der Waals surface area contributed by atoms with Gasteiger partial charge in [-0.15, -0.1) is 0 Å². The Morgan fingerprint density at radius 1 is 0.656 bits per heavy atom. The molecule has 7 nitrogen and oxygen atoms in total. The maximum Gasteiger partial charge on any atom is 0.254 e. The molecule has 0 unspecified atom stereocenters. The molecule has 0 saturated heterocycles. The van der Waals surface area contributed by atoms with Crippen LogP contribution in [-0.2, 0) is 0 Å². The largest absolute Gasteiger partial charge is 0.507 e. The van der Waals surface area contributed by atoms with Crippen molar-refractivity contribution in [2.45, 2.75) is 0 Å². The number of hydrogen-bond donors (Lipinski definition) is 2. The molecule has 0 bridgehead atoms. The summed E-state index contributed by atoms with van der Waals surface area (Å²) in [5.74, 6) is 0.819. The van der Waals surface area contributed by atoms with Crippen LogP contribution in [0.4, 0.5) is 11.9 Å². The first kappa shape index (κ1) is 21.8. The number of aromatic nitrogens is 3. The molecule has 158 valence electrons. The van der Waals surface area contributed by atoms with Crippen LogP contribution in [0.3, 0.4) is 0 Å². The molecule has 2 N–H and O–H groups in total. The molecule has 0 aliphatic carbocycles. The van der Waals surface area contributed by atoms with Gasteiger partial charge < -0.3 is 10.2 Å². The molecule has 0 fully saturated rings. The summed E-state index contributed by atoms with van der Waals surface area (Å²) >= 11 is 6.75. The topological polar surface area (TPSA) is 104 Å². The fourth-order valence-electron chi connectivity index (χ4n) is 2.70. The lowest BCUT2D eigenvalue weighted by Crippen LogP contribution is -1.94. The van der Waals surface area contributed by atoms with Crippen LogP contribution >= 0.6 is 31.9 Å². The third-order valence-corrected chi connectivity index (χ3v) is 5.25. The van der Waals surface area contributed by atoms with E-state index in [4.69, 9.17) is 0 Å². The lowest BCUT2D eigenvalue weighted by Gasteiger charge is -2.03. The second-order valence-electron chi connectivity index (χ2n) is 6.55. The van der Waals surface area contributed by atoms with E-state index in [2.05, 4.69) is 56.8 Å². The van der Waals surface area contributed by atoms with E-state index in [0.29, 0.717) is 17.0 Å². The lowest BCUT2D eigenvalue weighted by molar-refractivity contribution is 0.474. The third kappa shape index (κ3) is 5.43. The first-order valence-corrected chi connectivity index (χ1v) is 10.9. The second kappa shape index (κ2) is 9.80. The summed E-state index contributed by atoms with van der Waals surface area (Å²) in [5, 5.41) is 20.1. The molecule has 3 aromatic carbocycles. The summed E-state index contributed by atoms with van der Waals surface area (Å²) in [6.07, 6.45) is 2.94. The van der Waals surface area contributed by atoms with E-state index >= 15 is 0 Å². The fourth-order valence-corrected chi connectivity index (χ4v) is 3.46. The Morgan fingerprint density at radius 3 is 1.66 bits per heavy atom. The number of halogens is 2. The molecule has 0 aliphatic rings. The molecule has 4 aromatic rings. The van der Waals surface area contributed by atoms with Crippen molar-refractivity contribution in [1.29, 1.82) is 0 Å². The first-order valence-electron chi connectivity index (χ1n) is 9.34. The monoisotopic (exact) mass is 551 g/mol. The van der Waals surface area contributed by atoms with Crippen molar-refractivity contribution in [2.24, 2.45) is 9.98 Å². The minimum atomic E-state index is 0.0812. The van der Waals surface area contributed by atoms with Gasteiger partial charge in [-0.1, -0.05) is 62.2 Å². The molecule has 1 aromatic heterocycles. The van der Waals surface area contributed by atoms with Gasteiger partial charge in [0.2, 0.25) is 0 Å². The van der Waals surface area contributed by atoms with Gasteiger partial charge in [-0.05, 0) is 36.4 Å². The maximum atomic E-state index is 10.0. The zero-order valence-corrected chi connectivity index (χ0v) is 19.6. The highest BCUT2D eigenvalue weighted by atomic mass is 79.9. The molecule has 9 heteroatoms. The Balaban J connectivity index is 1.74. The number of phenols is 2. The Bertz CT molecular complexity index is 1250. The van der Waals surface area contributed by atoms with Crippen LogP contribution in [0.15, 0.2) is 85.7 Å². The number of phenolic OH excluding ortho intramolecular Hbond substituents is 2. The zero-order chi connectivity index (χ0) is 22.5. The predicted molar refractivity (Wildman–Crippen MR) is 131 cm³/mol. The highest BCUT2D eigenvalue weighted by Gasteiger charge is 2.08. The van der Waals surface area contributed by atoms with Gasteiger partial charge in [0.15, 0.2) is 5.82 Å². The predicted octanol–water partition coefficient (Wildman–Crippen LogP) is 5.98. The second-order valence-corrected chi connectivity index (χ2v) is 8.38. The number of aliphatic imine (C=N–C) groups is 2. The van der Waals surface area contributed by atoms with E-state index in [0.717, 1.165) is 14.5 Å². The third-order valence-electron chi connectivity index (χ3n) is 4.26. The number of aromatic hydroxyl groups is 2. The van der Waals surface area contributed by atoms with E-state index in [1.165, 1.54) is 12.4 Å².